The van der Waals surface area contributed by atoms with Gasteiger partial charge in [-0.2, -0.15) is 5.26 Å². The quantitative estimate of drug-likeness (QED) is 0.583. The third kappa shape index (κ3) is 4.31. The lowest BCUT2D eigenvalue weighted by Crippen LogP contribution is -3.10. The van der Waals surface area contributed by atoms with E-state index in [-0.39, 0.29) is 10.8 Å². The molecule has 7 heteroatoms. The molecule has 29 heavy (non-hydrogen) atoms. The van der Waals surface area contributed by atoms with Gasteiger partial charge in [0.25, 0.3) is 0 Å². The smallest absolute Gasteiger partial charge is 0.143 e. The first-order chi connectivity index (χ1) is 14.0. The van der Waals surface area contributed by atoms with E-state index in [4.69, 9.17) is 23.2 Å². The van der Waals surface area contributed by atoms with Crippen LogP contribution in [0.1, 0.15) is 27.1 Å². The van der Waals surface area contributed by atoms with Crippen LogP contribution in [0.5, 0.6) is 5.75 Å². The molecule has 1 unspecified atom stereocenters. The highest BCUT2D eigenvalue weighted by Crippen LogP contribution is 2.37. The first kappa shape index (κ1) is 19.9. The van der Waals surface area contributed by atoms with Crippen molar-refractivity contribution in [1.82, 2.24) is 0 Å². The van der Waals surface area contributed by atoms with Crippen LogP contribution in [0.25, 0.3) is 0 Å². The molecule has 1 aliphatic rings. The van der Waals surface area contributed by atoms with E-state index in [9.17, 15) is 10.4 Å². The Kier molecular flexibility index (Phi) is 5.89. The average molecular weight is 443 g/mol. The summed E-state index contributed by atoms with van der Waals surface area (Å²) in [4.78, 5) is 7.17. The van der Waals surface area contributed by atoms with Crippen molar-refractivity contribution < 1.29 is 10.0 Å². The lowest BCUT2D eigenvalue weighted by Gasteiger charge is -2.23. The van der Waals surface area contributed by atoms with Gasteiger partial charge in [-0.05, 0) is 17.7 Å². The summed E-state index contributed by atoms with van der Waals surface area (Å²) in [6, 6.07) is 15.8. The zero-order chi connectivity index (χ0) is 20.4. The highest BCUT2D eigenvalue weighted by Gasteiger charge is 2.26. The topological polar surface area (TPSA) is 60.8 Å². The van der Waals surface area contributed by atoms with E-state index in [0.29, 0.717) is 21.2 Å². The molecule has 0 bridgehead atoms. The number of aromatic hydroxyl groups is 1. The first-order valence-corrected chi connectivity index (χ1v) is 10.8. The Labute approximate surface area is 183 Å². The van der Waals surface area contributed by atoms with Gasteiger partial charge in [0.15, 0.2) is 0 Å². The van der Waals surface area contributed by atoms with E-state index in [1.807, 2.05) is 6.07 Å². The van der Waals surface area contributed by atoms with E-state index in [1.165, 1.54) is 27.6 Å². The van der Waals surface area contributed by atoms with Gasteiger partial charge in [0.05, 0.1) is 22.0 Å². The van der Waals surface area contributed by atoms with Crippen LogP contribution in [0, 0.1) is 11.3 Å². The van der Waals surface area contributed by atoms with Crippen molar-refractivity contribution in [3.8, 4) is 11.8 Å². The summed E-state index contributed by atoms with van der Waals surface area (Å²) in [6.07, 6.45) is 2.38. The fraction of sp³-hybridized carbons (Fsp3) is 0.182. The number of fused-ring (bicyclic) bond motifs is 1. The first-order valence-electron chi connectivity index (χ1n) is 9.19. The van der Waals surface area contributed by atoms with Crippen molar-refractivity contribution in [1.29, 1.82) is 5.26 Å². The van der Waals surface area contributed by atoms with Gasteiger partial charge in [-0.25, -0.2) is 4.99 Å². The minimum atomic E-state index is -0.0712. The van der Waals surface area contributed by atoms with Gasteiger partial charge in [-0.3, -0.25) is 0 Å². The van der Waals surface area contributed by atoms with Gasteiger partial charge in [0.2, 0.25) is 0 Å². The number of nitrogens with one attached hydrogen (secondary N) is 1. The van der Waals surface area contributed by atoms with Gasteiger partial charge in [-0.15, -0.1) is 11.3 Å². The molecule has 1 atom stereocenters. The number of thiophene rings is 1. The normalized spacial score (nSPS) is 16.0. The van der Waals surface area contributed by atoms with E-state index in [0.717, 1.165) is 31.6 Å². The molecule has 3 aromatic rings. The number of aliphatic imine (C=N–C) groups is 1. The molecule has 0 aliphatic carbocycles. The molecule has 2 N–H and O–H groups in total. The molecular weight excluding hydrogens is 425 g/mol. The van der Waals surface area contributed by atoms with E-state index in [1.54, 1.807) is 17.4 Å². The van der Waals surface area contributed by atoms with Crippen LogP contribution < -0.4 is 4.90 Å². The van der Waals surface area contributed by atoms with Crippen LogP contribution in [0.4, 0.5) is 5.00 Å². The SMILES string of the molecule is N#Cc1c(/N=C/c2cc(Cl)cc(Cl)c2O)sc2c1CC[NH+](Cc1ccccc1)C2. The Morgan fingerprint density at radius 2 is 2.03 bits per heavy atom. The molecule has 4 nitrogen and oxygen atoms in total. The monoisotopic (exact) mass is 442 g/mol. The number of hydrogen-bond donors (Lipinski definition) is 2. The highest BCUT2D eigenvalue weighted by atomic mass is 35.5. The number of hydrogen-bond acceptors (Lipinski definition) is 4. The summed E-state index contributed by atoms with van der Waals surface area (Å²) in [7, 11) is 0. The molecule has 0 fully saturated rings. The lowest BCUT2D eigenvalue weighted by molar-refractivity contribution is -0.929. The molecule has 4 rings (SSSR count). The molecule has 146 valence electrons. The zero-order valence-corrected chi connectivity index (χ0v) is 17.8. The molecule has 2 aromatic carbocycles. The zero-order valence-electron chi connectivity index (χ0n) is 15.5. The molecule has 0 radical (unpaired) electrons. The predicted octanol–water partition coefficient (Wildman–Crippen LogP) is 4.52. The maximum atomic E-state index is 10.1. The fourth-order valence-electron chi connectivity index (χ4n) is 3.58. The maximum Gasteiger partial charge on any atom is 0.143 e. The third-order valence-electron chi connectivity index (χ3n) is 5.00. The summed E-state index contributed by atoms with van der Waals surface area (Å²) >= 11 is 13.5. The number of phenolic OH excluding ortho intramolecular Hbond substituents is 1. The Morgan fingerprint density at radius 1 is 1.24 bits per heavy atom. The second kappa shape index (κ2) is 8.56. The standard InChI is InChI=1S/C22H17Cl2N3OS/c23-16-8-15(21(28)19(24)9-16)11-26-22-18(10-25)17-6-7-27(13-20(17)29-22)12-14-4-2-1-3-5-14/h1-5,8-9,11,28H,6-7,12-13H2/p+1/b26-11+. The number of rotatable bonds is 4. The molecular formula is C22H18Cl2N3OS+. The number of nitrogens with zero attached hydrogens (tertiary/aromatic N) is 2. The molecule has 1 aliphatic heterocycles. The summed E-state index contributed by atoms with van der Waals surface area (Å²) < 4.78 is 0. The number of nitriles is 1. The van der Waals surface area contributed by atoms with Crippen molar-refractivity contribution in [2.45, 2.75) is 19.5 Å². The predicted molar refractivity (Wildman–Crippen MR) is 118 cm³/mol. The van der Waals surface area contributed by atoms with E-state index in [2.05, 4.69) is 35.3 Å². The summed E-state index contributed by atoms with van der Waals surface area (Å²) in [5.41, 5.74) is 3.48. The maximum absolute atomic E-state index is 10.1. The van der Waals surface area contributed by atoms with Crippen LogP contribution >= 0.6 is 34.5 Å². The van der Waals surface area contributed by atoms with Crippen molar-refractivity contribution in [2.24, 2.45) is 4.99 Å². The van der Waals surface area contributed by atoms with Gasteiger partial charge in [0.1, 0.15) is 29.9 Å². The molecule has 0 amide bonds. The number of phenols is 1. The summed E-state index contributed by atoms with van der Waals surface area (Å²) in [5, 5.41) is 21.1. The third-order valence-corrected chi connectivity index (χ3v) is 6.64. The summed E-state index contributed by atoms with van der Waals surface area (Å²) in [6.45, 7) is 2.84. The van der Waals surface area contributed by atoms with Crippen LogP contribution in [0.3, 0.4) is 0 Å². The highest BCUT2D eigenvalue weighted by molar-refractivity contribution is 7.16. The Morgan fingerprint density at radius 3 is 2.79 bits per heavy atom. The Bertz CT molecular complexity index is 1120. The van der Waals surface area contributed by atoms with Gasteiger partial charge >= 0.3 is 0 Å². The van der Waals surface area contributed by atoms with Gasteiger partial charge in [0, 0.05) is 28.8 Å². The number of benzene rings is 2. The number of quaternary nitrogens is 1. The van der Waals surface area contributed by atoms with Crippen molar-refractivity contribution in [3.05, 3.63) is 79.6 Å². The molecule has 2 heterocycles. The fourth-order valence-corrected chi connectivity index (χ4v) is 5.30. The van der Waals surface area contributed by atoms with Crippen LogP contribution in [-0.2, 0) is 19.5 Å². The van der Waals surface area contributed by atoms with Gasteiger partial charge in [-0.1, -0.05) is 53.5 Å². The lowest BCUT2D eigenvalue weighted by atomic mass is 10.0. The minimum absolute atomic E-state index is 0.0712. The Balaban J connectivity index is 1.59. The number of halogens is 2. The molecule has 0 saturated heterocycles. The molecule has 0 spiro atoms. The van der Waals surface area contributed by atoms with E-state index < -0.39 is 0 Å². The van der Waals surface area contributed by atoms with Crippen LogP contribution in [0.15, 0.2) is 47.5 Å². The van der Waals surface area contributed by atoms with Crippen molar-refractivity contribution >= 4 is 45.8 Å². The minimum Gasteiger partial charge on any atom is -0.506 e. The van der Waals surface area contributed by atoms with Gasteiger partial charge < -0.3 is 10.0 Å². The average Bonchev–Trinajstić information content (AvgIpc) is 3.07. The molecule has 0 saturated carbocycles. The van der Waals surface area contributed by atoms with Crippen molar-refractivity contribution in [2.75, 3.05) is 6.54 Å². The second-order valence-electron chi connectivity index (χ2n) is 6.97. The second-order valence-corrected chi connectivity index (χ2v) is 8.90. The molecule has 1 aromatic heterocycles. The van der Waals surface area contributed by atoms with Crippen molar-refractivity contribution in [3.63, 3.8) is 0 Å². The summed E-state index contributed by atoms with van der Waals surface area (Å²) in [5.74, 6) is -0.0712. The van der Waals surface area contributed by atoms with Crippen LogP contribution in [0.2, 0.25) is 10.0 Å². The Hall–Kier alpha value is -2.36. The largest absolute Gasteiger partial charge is 0.506 e. The van der Waals surface area contributed by atoms with E-state index >= 15 is 0 Å². The van der Waals surface area contributed by atoms with Crippen LogP contribution in [-0.4, -0.2) is 17.9 Å².